The van der Waals surface area contributed by atoms with Crippen molar-refractivity contribution >= 4 is 19.2 Å². The van der Waals surface area contributed by atoms with Gasteiger partial charge in [-0.1, -0.05) is 13.8 Å². The molecule has 172 valence electrons. The van der Waals surface area contributed by atoms with Gasteiger partial charge in [0.2, 0.25) is 0 Å². The van der Waals surface area contributed by atoms with Gasteiger partial charge >= 0.3 is 11.7 Å². The summed E-state index contributed by atoms with van der Waals surface area (Å²) in [5.74, 6) is -0.888. The Morgan fingerprint density at radius 1 is 1.47 bits per heavy atom. The van der Waals surface area contributed by atoms with Crippen LogP contribution in [0, 0.1) is 5.92 Å². The first-order valence-corrected chi connectivity index (χ1v) is 11.7. The number of carbonyl (C=O) groups is 1. The van der Waals surface area contributed by atoms with Crippen LogP contribution in [0.1, 0.15) is 27.0 Å². The molecule has 2 heterocycles. The molecule has 2 rings (SSSR count). The van der Waals surface area contributed by atoms with Crippen molar-refractivity contribution in [1.29, 1.82) is 0 Å². The normalized spacial score (nSPS) is 27.3. The second kappa shape index (κ2) is 9.99. The third kappa shape index (κ3) is 6.86. The van der Waals surface area contributed by atoms with Gasteiger partial charge in [0.05, 0.1) is 6.61 Å². The highest BCUT2D eigenvalue weighted by atomic mass is 31.2. The van der Waals surface area contributed by atoms with Crippen molar-refractivity contribution in [2.24, 2.45) is 11.7 Å². The van der Waals surface area contributed by atoms with E-state index >= 15 is 0 Å². The number of hydrogen-bond donors (Lipinski definition) is 5. The van der Waals surface area contributed by atoms with Crippen LogP contribution in [0.25, 0.3) is 0 Å². The Bertz CT molecular complexity index is 829. The monoisotopic (exact) mass is 450 g/mol. The zero-order chi connectivity index (χ0) is 23.4. The molecule has 0 amide bonds. The van der Waals surface area contributed by atoms with E-state index in [1.165, 1.54) is 32.5 Å². The van der Waals surface area contributed by atoms with Gasteiger partial charge in [0.1, 0.15) is 23.6 Å². The number of nitrogen functional groups attached to an aromatic ring is 1. The molecule has 13 heteroatoms. The second-order valence-corrected chi connectivity index (χ2v) is 10.5. The van der Waals surface area contributed by atoms with E-state index in [-0.39, 0.29) is 11.7 Å². The number of anilines is 1. The average molecular weight is 450 g/mol. The lowest BCUT2D eigenvalue weighted by atomic mass is 9.95. The summed E-state index contributed by atoms with van der Waals surface area (Å²) >= 11 is 0. The second-order valence-electron chi connectivity index (χ2n) is 7.90. The summed E-state index contributed by atoms with van der Waals surface area (Å²) in [6.45, 7) is 6.91. The van der Waals surface area contributed by atoms with E-state index in [4.69, 9.17) is 25.8 Å². The van der Waals surface area contributed by atoms with Crippen LogP contribution in [0.3, 0.4) is 0 Å². The van der Waals surface area contributed by atoms with Gasteiger partial charge in [0.15, 0.2) is 19.7 Å². The fraction of sp³-hybridized carbons (Fsp3) is 0.706. The van der Waals surface area contributed by atoms with E-state index in [1.54, 1.807) is 13.8 Å². The Kier molecular flexibility index (Phi) is 8.73. The molecule has 0 spiro atoms. The molecule has 0 unspecified atom stereocenters. The number of aromatic nitrogens is 2. The molecule has 0 aliphatic carbocycles. The third-order valence-corrected chi connectivity index (χ3v) is 4.23. The molecule has 0 bridgehead atoms. The summed E-state index contributed by atoms with van der Waals surface area (Å²) in [4.78, 5) is 35.8. The Labute approximate surface area is 174 Å². The molecule has 0 radical (unpaired) electrons. The van der Waals surface area contributed by atoms with Crippen LogP contribution in [0.5, 0.6) is 0 Å². The number of aliphatic hydroxyl groups excluding tert-OH is 1. The number of nitrogens with two attached hydrogens (primary N) is 2. The number of nitrogens with zero attached hydrogens (tertiary/aromatic N) is 2. The molecule has 1 aliphatic heterocycles. The number of esters is 1. The summed E-state index contributed by atoms with van der Waals surface area (Å²) in [6.07, 6.45) is -2.17. The fourth-order valence-electron chi connectivity index (χ4n) is 2.65. The van der Waals surface area contributed by atoms with Crippen molar-refractivity contribution in [2.75, 3.05) is 25.7 Å². The maximum atomic E-state index is 12.2. The summed E-state index contributed by atoms with van der Waals surface area (Å²) in [6, 6.07) is 0.470. The first kappa shape index (κ1) is 26.2. The average Bonchev–Trinajstić information content (AvgIpc) is 2.83. The molecule has 1 aliphatic rings. The third-order valence-electron chi connectivity index (χ3n) is 4.23. The summed E-state index contributed by atoms with van der Waals surface area (Å²) in [7, 11) is -2.64. The summed E-state index contributed by atoms with van der Waals surface area (Å²) in [5, 5.41) is 20.4. The van der Waals surface area contributed by atoms with Crippen LogP contribution in [0.15, 0.2) is 17.1 Å². The van der Waals surface area contributed by atoms with Gasteiger partial charge in [0.25, 0.3) is 0 Å². The summed E-state index contributed by atoms with van der Waals surface area (Å²) < 4.78 is 21.7. The van der Waals surface area contributed by atoms with Gasteiger partial charge in [-0.3, -0.25) is 13.9 Å². The molecule has 0 aromatic carbocycles. The van der Waals surface area contributed by atoms with Crippen LogP contribution in [-0.4, -0.2) is 74.4 Å². The van der Waals surface area contributed by atoms with Gasteiger partial charge in [-0.05, 0) is 18.9 Å². The first-order chi connectivity index (χ1) is 13.6. The van der Waals surface area contributed by atoms with E-state index in [0.29, 0.717) is 0 Å². The maximum absolute atomic E-state index is 12.2. The minimum atomic E-state index is -2.64. The van der Waals surface area contributed by atoms with E-state index in [0.717, 1.165) is 4.57 Å². The van der Waals surface area contributed by atoms with E-state index in [9.17, 15) is 24.4 Å². The van der Waals surface area contributed by atoms with Gasteiger partial charge in [0, 0.05) is 19.5 Å². The van der Waals surface area contributed by atoms with Crippen molar-refractivity contribution in [2.45, 2.75) is 50.8 Å². The van der Waals surface area contributed by atoms with Crippen LogP contribution in [-0.2, 0) is 18.8 Å². The molecule has 12 nitrogen and oxygen atoms in total. The van der Waals surface area contributed by atoms with E-state index in [1.807, 2.05) is 0 Å². The molecule has 0 saturated carbocycles. The zero-order valence-corrected chi connectivity index (χ0v) is 18.5. The number of ether oxygens (including phenoxy) is 2. The topological polar surface area (TPSA) is 200 Å². The zero-order valence-electron chi connectivity index (χ0n) is 17.6. The van der Waals surface area contributed by atoms with Crippen molar-refractivity contribution in [3.05, 3.63) is 22.7 Å². The maximum Gasteiger partial charge on any atom is 0.351 e. The summed E-state index contributed by atoms with van der Waals surface area (Å²) in [5.41, 5.74) is 8.67. The van der Waals surface area contributed by atoms with Gasteiger partial charge in [-0.15, -0.1) is 0 Å². The standard InChI is InChI=1S/C15H24N4O6.C2H7O2P/c1-7(2)10(17)12(21)25-11-8(6-20)24-13(15(11,3)23)19-5-4-9(16)18-14(19)22;1-5(2,3)4/h4-5,7-8,10-11,13,20,23H,6,17H2,1-3H3,(H2,16,18,22);1-2H3,(H,3,4)/t8-,10+,11-,13-,15-;/m1./s1. The molecule has 30 heavy (non-hydrogen) atoms. The van der Waals surface area contributed by atoms with Crippen LogP contribution >= 0.6 is 7.37 Å². The Balaban J connectivity index is 0.000000804. The van der Waals surface area contributed by atoms with Crippen molar-refractivity contribution in [3.63, 3.8) is 0 Å². The highest BCUT2D eigenvalue weighted by molar-refractivity contribution is 7.56. The smallest absolute Gasteiger partial charge is 0.351 e. The van der Waals surface area contributed by atoms with Crippen LogP contribution in [0.2, 0.25) is 0 Å². The molecule has 1 aromatic rings. The van der Waals surface area contributed by atoms with E-state index < -0.39 is 55.7 Å². The molecule has 7 N–H and O–H groups in total. The van der Waals surface area contributed by atoms with Crippen LogP contribution < -0.4 is 17.2 Å². The first-order valence-electron chi connectivity index (χ1n) is 9.16. The van der Waals surface area contributed by atoms with Gasteiger partial charge in [-0.25, -0.2) is 4.79 Å². The fourth-order valence-corrected chi connectivity index (χ4v) is 2.65. The molecular formula is C17H31N4O8P. The highest BCUT2D eigenvalue weighted by Gasteiger charge is 2.56. The lowest BCUT2D eigenvalue weighted by Crippen LogP contribution is -2.51. The SMILES string of the molecule is CC(C)[C@H](N)C(=O)O[C@@H]1[C@@H](CO)O[C@@H](n2ccc(N)nc2=O)[C@]1(C)O.CP(C)(=O)O. The van der Waals surface area contributed by atoms with Crippen molar-refractivity contribution < 1.29 is 33.9 Å². The van der Waals surface area contributed by atoms with E-state index in [2.05, 4.69) is 4.98 Å². The molecular weight excluding hydrogens is 419 g/mol. The minimum absolute atomic E-state index is 0.0171. The number of rotatable bonds is 5. The predicted octanol–water partition coefficient (Wildman–Crippen LogP) is -1.12. The molecule has 1 aromatic heterocycles. The van der Waals surface area contributed by atoms with Crippen LogP contribution in [0.4, 0.5) is 5.82 Å². The largest absolute Gasteiger partial charge is 0.455 e. The number of carbonyl (C=O) groups excluding carboxylic acids is 1. The molecule has 1 saturated heterocycles. The minimum Gasteiger partial charge on any atom is -0.455 e. The Hall–Kier alpha value is -1.82. The lowest BCUT2D eigenvalue weighted by Gasteiger charge is -2.30. The Morgan fingerprint density at radius 3 is 2.43 bits per heavy atom. The highest BCUT2D eigenvalue weighted by Crippen LogP contribution is 2.39. The predicted molar refractivity (Wildman–Crippen MR) is 109 cm³/mol. The van der Waals surface area contributed by atoms with Gasteiger partial charge in [-0.2, -0.15) is 4.98 Å². The molecule has 1 fully saturated rings. The van der Waals surface area contributed by atoms with Crippen molar-refractivity contribution in [1.82, 2.24) is 9.55 Å². The van der Waals surface area contributed by atoms with Crippen molar-refractivity contribution in [3.8, 4) is 0 Å². The Morgan fingerprint density at radius 2 is 2.00 bits per heavy atom. The number of hydrogen-bond acceptors (Lipinski definition) is 10. The quantitative estimate of drug-likeness (QED) is 0.269. The lowest BCUT2D eigenvalue weighted by molar-refractivity contribution is -0.166. The number of aliphatic hydroxyl groups is 2. The van der Waals surface area contributed by atoms with Gasteiger partial charge < -0.3 is 36.0 Å². The molecule has 5 atom stereocenters.